The van der Waals surface area contributed by atoms with E-state index < -0.39 is 0 Å². The van der Waals surface area contributed by atoms with E-state index in [1.165, 1.54) is 11.3 Å². The molecular formula is C20H26N2O4S. The lowest BCUT2D eigenvalue weighted by Gasteiger charge is -2.26. The highest BCUT2D eigenvalue weighted by Crippen LogP contribution is 2.37. The van der Waals surface area contributed by atoms with E-state index in [4.69, 9.17) is 14.2 Å². The van der Waals surface area contributed by atoms with Crippen molar-refractivity contribution in [2.24, 2.45) is 5.92 Å². The van der Waals surface area contributed by atoms with Crippen LogP contribution < -0.4 is 14.2 Å². The first-order valence-corrected chi connectivity index (χ1v) is 9.99. The van der Waals surface area contributed by atoms with E-state index >= 15 is 0 Å². The molecule has 1 saturated carbocycles. The molecule has 0 unspecified atom stereocenters. The predicted octanol–water partition coefficient (Wildman–Crippen LogP) is 3.89. The number of carbonyl (C=O) groups is 1. The van der Waals surface area contributed by atoms with Crippen LogP contribution in [0.3, 0.4) is 0 Å². The lowest BCUT2D eigenvalue weighted by Crippen LogP contribution is -2.37. The molecule has 1 aliphatic carbocycles. The summed E-state index contributed by atoms with van der Waals surface area (Å²) in [4.78, 5) is 19.0. The summed E-state index contributed by atoms with van der Waals surface area (Å²) < 4.78 is 16.6. The summed E-state index contributed by atoms with van der Waals surface area (Å²) in [6.07, 6.45) is 2.03. The Labute approximate surface area is 164 Å². The van der Waals surface area contributed by atoms with Crippen LogP contribution in [-0.2, 0) is 17.9 Å². The zero-order valence-electron chi connectivity index (χ0n) is 16.2. The maximum atomic E-state index is 12.5. The highest BCUT2D eigenvalue weighted by molar-refractivity contribution is 7.09. The smallest absolute Gasteiger partial charge is 0.226 e. The number of aromatic nitrogens is 1. The van der Waals surface area contributed by atoms with E-state index in [0.717, 1.165) is 23.5 Å². The largest absolute Gasteiger partial charge is 0.493 e. The Morgan fingerprint density at radius 3 is 2.48 bits per heavy atom. The fraction of sp³-hybridized carbons (Fsp3) is 0.500. The summed E-state index contributed by atoms with van der Waals surface area (Å²) in [5.74, 6) is 2.26. The van der Waals surface area contributed by atoms with Crippen LogP contribution >= 0.6 is 11.3 Å². The number of methoxy groups -OCH3 is 2. The predicted molar refractivity (Wildman–Crippen MR) is 104 cm³/mol. The van der Waals surface area contributed by atoms with E-state index in [1.807, 2.05) is 42.3 Å². The van der Waals surface area contributed by atoms with Crippen LogP contribution in [0, 0.1) is 5.92 Å². The second kappa shape index (κ2) is 8.61. The van der Waals surface area contributed by atoms with E-state index in [2.05, 4.69) is 4.98 Å². The molecule has 0 bridgehead atoms. The Morgan fingerprint density at radius 2 is 1.93 bits per heavy atom. The van der Waals surface area contributed by atoms with Gasteiger partial charge in [0.15, 0.2) is 11.5 Å². The molecule has 0 spiro atoms. The number of para-hydroxylation sites is 1. The van der Waals surface area contributed by atoms with Crippen molar-refractivity contribution >= 4 is 17.2 Å². The Kier molecular flexibility index (Phi) is 6.21. The molecule has 1 aromatic heterocycles. The van der Waals surface area contributed by atoms with Crippen LogP contribution in [0.25, 0.3) is 0 Å². The number of amides is 1. The van der Waals surface area contributed by atoms with Crippen molar-refractivity contribution in [1.29, 1.82) is 0 Å². The Balaban J connectivity index is 1.65. The normalized spacial score (nSPS) is 13.5. The van der Waals surface area contributed by atoms with Crippen LogP contribution in [0.5, 0.6) is 17.2 Å². The van der Waals surface area contributed by atoms with Gasteiger partial charge in [-0.1, -0.05) is 6.07 Å². The fourth-order valence-electron chi connectivity index (χ4n) is 2.84. The molecule has 0 N–H and O–H groups in total. The molecule has 1 aromatic carbocycles. The molecule has 146 valence electrons. The van der Waals surface area contributed by atoms with Gasteiger partial charge in [-0.15, -0.1) is 11.3 Å². The van der Waals surface area contributed by atoms with Crippen molar-refractivity contribution in [2.45, 2.75) is 45.9 Å². The molecule has 1 fully saturated rings. The highest BCUT2D eigenvalue weighted by Gasteiger charge is 2.34. The maximum absolute atomic E-state index is 12.5. The van der Waals surface area contributed by atoms with Crippen molar-refractivity contribution in [3.8, 4) is 17.2 Å². The molecule has 3 rings (SSSR count). The molecule has 27 heavy (non-hydrogen) atoms. The summed E-state index contributed by atoms with van der Waals surface area (Å²) in [7, 11) is 3.20. The van der Waals surface area contributed by atoms with E-state index in [1.54, 1.807) is 14.2 Å². The second-order valence-corrected chi connectivity index (χ2v) is 7.79. The van der Waals surface area contributed by atoms with Crippen LogP contribution in [0.4, 0.5) is 0 Å². The van der Waals surface area contributed by atoms with Crippen molar-refractivity contribution < 1.29 is 19.0 Å². The van der Waals surface area contributed by atoms with E-state index in [0.29, 0.717) is 30.4 Å². The van der Waals surface area contributed by atoms with Crippen molar-refractivity contribution in [1.82, 2.24) is 9.88 Å². The zero-order valence-corrected chi connectivity index (χ0v) is 17.0. The number of hydrogen-bond donors (Lipinski definition) is 0. The van der Waals surface area contributed by atoms with Gasteiger partial charge in [-0.25, -0.2) is 4.98 Å². The van der Waals surface area contributed by atoms with E-state index in [9.17, 15) is 4.79 Å². The molecule has 7 heteroatoms. The molecule has 6 nitrogen and oxygen atoms in total. The topological polar surface area (TPSA) is 60.9 Å². The first kappa shape index (κ1) is 19.5. The first-order valence-electron chi connectivity index (χ1n) is 9.11. The number of thiazole rings is 1. The summed E-state index contributed by atoms with van der Waals surface area (Å²) in [5.41, 5.74) is 0.897. The Bertz CT molecular complexity index is 764. The molecule has 0 atom stereocenters. The molecule has 1 heterocycles. The number of nitrogens with zero attached hydrogens (tertiary/aromatic N) is 2. The average molecular weight is 391 g/mol. The fourth-order valence-corrected chi connectivity index (χ4v) is 3.53. The maximum Gasteiger partial charge on any atom is 0.226 e. The van der Waals surface area contributed by atoms with Gasteiger partial charge >= 0.3 is 0 Å². The third-order valence-corrected chi connectivity index (χ3v) is 5.36. The van der Waals surface area contributed by atoms with Crippen LogP contribution in [0.1, 0.15) is 37.4 Å². The number of carbonyl (C=O) groups excluding carboxylic acids is 1. The molecule has 0 radical (unpaired) electrons. The number of benzene rings is 1. The average Bonchev–Trinajstić information content (AvgIpc) is 3.43. The summed E-state index contributed by atoms with van der Waals surface area (Å²) in [5, 5.41) is 2.84. The number of ether oxygens (including phenoxy) is 3. The number of rotatable bonds is 9. The van der Waals surface area contributed by atoms with Crippen molar-refractivity contribution in [2.75, 3.05) is 14.2 Å². The van der Waals surface area contributed by atoms with Gasteiger partial charge in [-0.2, -0.15) is 0 Å². The van der Waals surface area contributed by atoms with Gasteiger partial charge in [0.05, 0.1) is 26.5 Å². The minimum atomic E-state index is 0.164. The second-order valence-electron chi connectivity index (χ2n) is 6.85. The SMILES string of the molecule is COc1cccc(OC)c1OCc1nc(CN(C(=O)C2CC2)C(C)C)cs1. The van der Waals surface area contributed by atoms with Gasteiger partial charge in [0.2, 0.25) is 11.7 Å². The van der Waals surface area contributed by atoms with Gasteiger partial charge in [0.1, 0.15) is 11.6 Å². The lowest BCUT2D eigenvalue weighted by molar-refractivity contribution is -0.135. The van der Waals surface area contributed by atoms with Crippen molar-refractivity contribution in [3.63, 3.8) is 0 Å². The summed E-state index contributed by atoms with van der Waals surface area (Å²) >= 11 is 1.53. The third kappa shape index (κ3) is 4.71. The van der Waals surface area contributed by atoms with Crippen LogP contribution in [-0.4, -0.2) is 36.1 Å². The molecule has 2 aromatic rings. The van der Waals surface area contributed by atoms with E-state index in [-0.39, 0.29) is 17.9 Å². The lowest BCUT2D eigenvalue weighted by atomic mass is 10.2. The summed E-state index contributed by atoms with van der Waals surface area (Å²) in [6, 6.07) is 5.67. The quantitative estimate of drug-likeness (QED) is 0.650. The highest BCUT2D eigenvalue weighted by atomic mass is 32.1. The number of hydrogen-bond acceptors (Lipinski definition) is 6. The van der Waals surface area contributed by atoms with Crippen LogP contribution in [0.2, 0.25) is 0 Å². The molecule has 1 amide bonds. The monoisotopic (exact) mass is 390 g/mol. The Hall–Kier alpha value is -2.28. The van der Waals surface area contributed by atoms with Gasteiger partial charge < -0.3 is 19.1 Å². The summed E-state index contributed by atoms with van der Waals surface area (Å²) in [6.45, 7) is 4.95. The van der Waals surface area contributed by atoms with Crippen LogP contribution in [0.15, 0.2) is 23.6 Å². The first-order chi connectivity index (χ1) is 13.0. The van der Waals surface area contributed by atoms with Gasteiger partial charge in [-0.05, 0) is 38.8 Å². The molecule has 1 aliphatic rings. The minimum Gasteiger partial charge on any atom is -0.493 e. The third-order valence-electron chi connectivity index (χ3n) is 4.49. The molecule has 0 aliphatic heterocycles. The zero-order chi connectivity index (χ0) is 19.4. The van der Waals surface area contributed by atoms with Crippen molar-refractivity contribution in [3.05, 3.63) is 34.3 Å². The molecular weight excluding hydrogens is 364 g/mol. The minimum absolute atomic E-state index is 0.164. The van der Waals surface area contributed by atoms with Gasteiger partial charge in [0, 0.05) is 17.3 Å². The van der Waals surface area contributed by atoms with Gasteiger partial charge in [0.25, 0.3) is 0 Å². The molecule has 0 saturated heterocycles. The van der Waals surface area contributed by atoms with Gasteiger partial charge in [-0.3, -0.25) is 4.79 Å². The Morgan fingerprint density at radius 1 is 1.26 bits per heavy atom. The standard InChI is InChI=1S/C20H26N2O4S/c1-13(2)22(20(23)14-8-9-14)10-15-12-27-18(21-15)11-26-19-16(24-3)6-5-7-17(19)25-4/h5-7,12-14H,8-11H2,1-4H3.